The third kappa shape index (κ3) is 4.46. The topological polar surface area (TPSA) is 80.0 Å². The van der Waals surface area contributed by atoms with E-state index in [4.69, 9.17) is 16.1 Å². The molecule has 0 aliphatic heterocycles. The van der Waals surface area contributed by atoms with Gasteiger partial charge in [0.2, 0.25) is 11.7 Å². The van der Waals surface area contributed by atoms with Crippen molar-refractivity contribution in [1.82, 2.24) is 15.5 Å². The highest BCUT2D eigenvalue weighted by atomic mass is 35.5. The molecule has 1 amide bonds. The second kappa shape index (κ2) is 8.22. The molecule has 1 aromatic heterocycles. The maximum atomic E-state index is 11.8. The number of carbonyl (C=O) groups is 1. The van der Waals surface area contributed by atoms with Gasteiger partial charge in [0.1, 0.15) is 0 Å². The summed E-state index contributed by atoms with van der Waals surface area (Å²) in [4.78, 5) is 16.2. The number of hydrogen-bond donors (Lipinski definition) is 2. The van der Waals surface area contributed by atoms with Crippen LogP contribution >= 0.6 is 11.6 Å². The summed E-state index contributed by atoms with van der Waals surface area (Å²) < 4.78 is 5.31. The fraction of sp³-hybridized carbons (Fsp3) is 0.250. The third-order valence-corrected chi connectivity index (χ3v) is 4.52. The first-order valence-electron chi connectivity index (χ1n) is 8.66. The minimum Gasteiger partial charge on any atom is -0.375 e. The van der Waals surface area contributed by atoms with Gasteiger partial charge in [0.15, 0.2) is 0 Å². The van der Waals surface area contributed by atoms with Gasteiger partial charge in [-0.15, -0.1) is 0 Å². The average molecular weight is 385 g/mol. The highest BCUT2D eigenvalue weighted by Gasteiger charge is 2.11. The Morgan fingerprint density at radius 3 is 2.59 bits per heavy atom. The molecule has 0 bridgehead atoms. The molecular formula is C20H21ClN4O2. The zero-order valence-corrected chi connectivity index (χ0v) is 16.2. The summed E-state index contributed by atoms with van der Waals surface area (Å²) in [5, 5.41) is 10.3. The van der Waals surface area contributed by atoms with Crippen molar-refractivity contribution in [1.29, 1.82) is 0 Å². The molecule has 0 spiro atoms. The molecule has 6 nitrogen and oxygen atoms in total. The molecule has 27 heavy (non-hydrogen) atoms. The molecule has 0 saturated carbocycles. The zero-order valence-electron chi connectivity index (χ0n) is 15.4. The van der Waals surface area contributed by atoms with Gasteiger partial charge in [0, 0.05) is 18.2 Å². The van der Waals surface area contributed by atoms with Gasteiger partial charge in [-0.1, -0.05) is 54.9 Å². The predicted octanol–water partition coefficient (Wildman–Crippen LogP) is 4.49. The van der Waals surface area contributed by atoms with Crippen LogP contribution in [0.15, 0.2) is 47.0 Å². The van der Waals surface area contributed by atoms with Gasteiger partial charge in [-0.2, -0.15) is 4.98 Å². The van der Waals surface area contributed by atoms with Crippen LogP contribution in [-0.2, 0) is 6.54 Å². The first-order valence-corrected chi connectivity index (χ1v) is 9.04. The van der Waals surface area contributed by atoms with Crippen molar-refractivity contribution in [3.8, 4) is 11.4 Å². The van der Waals surface area contributed by atoms with Crippen LogP contribution in [-0.4, -0.2) is 23.1 Å². The zero-order chi connectivity index (χ0) is 19.4. The van der Waals surface area contributed by atoms with Gasteiger partial charge >= 0.3 is 0 Å². The Kier molecular flexibility index (Phi) is 5.76. The summed E-state index contributed by atoms with van der Waals surface area (Å²) in [6, 6.07) is 13.1. The van der Waals surface area contributed by atoms with Crippen LogP contribution in [0.3, 0.4) is 0 Å². The molecule has 1 heterocycles. The molecule has 0 saturated heterocycles. The Morgan fingerprint density at radius 1 is 1.19 bits per heavy atom. The maximum absolute atomic E-state index is 11.8. The number of hydrogen-bond acceptors (Lipinski definition) is 5. The van der Waals surface area contributed by atoms with Crippen LogP contribution < -0.4 is 10.6 Å². The molecule has 0 radical (unpaired) electrons. The van der Waals surface area contributed by atoms with Crippen molar-refractivity contribution in [2.45, 2.75) is 26.3 Å². The first kappa shape index (κ1) is 18.9. The van der Waals surface area contributed by atoms with Crippen LogP contribution in [0.25, 0.3) is 11.4 Å². The lowest BCUT2D eigenvalue weighted by molar-refractivity contribution is 0.0963. The van der Waals surface area contributed by atoms with E-state index in [1.807, 2.05) is 12.1 Å². The molecule has 0 fully saturated rings. The molecule has 0 aliphatic rings. The van der Waals surface area contributed by atoms with Crippen LogP contribution in [0.1, 0.15) is 41.6 Å². The van der Waals surface area contributed by atoms with Crippen molar-refractivity contribution < 1.29 is 9.32 Å². The highest BCUT2D eigenvalue weighted by Crippen LogP contribution is 2.24. The summed E-state index contributed by atoms with van der Waals surface area (Å²) >= 11 is 6.19. The lowest BCUT2D eigenvalue weighted by Crippen LogP contribution is -2.17. The summed E-state index contributed by atoms with van der Waals surface area (Å²) in [6.07, 6.45) is 0. The van der Waals surface area contributed by atoms with Crippen LogP contribution in [0, 0.1) is 0 Å². The maximum Gasteiger partial charge on any atom is 0.251 e. The minimum absolute atomic E-state index is 0.181. The van der Waals surface area contributed by atoms with E-state index in [1.54, 1.807) is 25.2 Å². The monoisotopic (exact) mass is 384 g/mol. The molecule has 140 valence electrons. The summed E-state index contributed by atoms with van der Waals surface area (Å²) in [5.74, 6) is 1.26. The highest BCUT2D eigenvalue weighted by molar-refractivity contribution is 6.33. The fourth-order valence-electron chi connectivity index (χ4n) is 2.58. The van der Waals surface area contributed by atoms with Gasteiger partial charge < -0.3 is 15.2 Å². The number of amides is 1. The summed E-state index contributed by atoms with van der Waals surface area (Å²) in [6.45, 7) is 4.60. The second-order valence-corrected chi connectivity index (χ2v) is 6.82. The molecule has 0 aliphatic carbocycles. The first-order chi connectivity index (χ1) is 13.0. The lowest BCUT2D eigenvalue weighted by Gasteiger charge is -2.08. The average Bonchev–Trinajstić information content (AvgIpc) is 3.16. The number of nitrogens with one attached hydrogen (secondary N) is 2. The Balaban J connectivity index is 1.70. The number of benzene rings is 2. The van der Waals surface area contributed by atoms with Crippen molar-refractivity contribution in [2.75, 3.05) is 12.4 Å². The molecule has 7 heteroatoms. The van der Waals surface area contributed by atoms with Gasteiger partial charge in [0.25, 0.3) is 5.91 Å². The molecule has 3 rings (SSSR count). The number of anilines is 1. The standard InChI is InChI=1S/C20H21ClN4O2/c1-12(2)13-4-6-14(7-5-13)19-24-18(27-25-19)11-23-17-10-15(20(26)22-3)8-9-16(17)21/h4-10,12,23H,11H2,1-3H3,(H,22,26). The smallest absolute Gasteiger partial charge is 0.251 e. The lowest BCUT2D eigenvalue weighted by atomic mass is 10.0. The number of halogens is 1. The van der Waals surface area contributed by atoms with E-state index >= 15 is 0 Å². The van der Waals surface area contributed by atoms with E-state index in [-0.39, 0.29) is 5.91 Å². The van der Waals surface area contributed by atoms with E-state index in [0.717, 1.165) is 5.56 Å². The Hall–Kier alpha value is -2.86. The van der Waals surface area contributed by atoms with E-state index in [2.05, 4.69) is 46.8 Å². The van der Waals surface area contributed by atoms with Crippen LogP contribution in [0.5, 0.6) is 0 Å². The SMILES string of the molecule is CNC(=O)c1ccc(Cl)c(NCc2nc(-c3ccc(C(C)C)cc3)no2)c1. The van der Waals surface area contributed by atoms with Gasteiger partial charge in [-0.3, -0.25) is 4.79 Å². The van der Waals surface area contributed by atoms with E-state index < -0.39 is 0 Å². The van der Waals surface area contributed by atoms with E-state index in [1.165, 1.54) is 5.56 Å². The van der Waals surface area contributed by atoms with Crippen LogP contribution in [0.4, 0.5) is 5.69 Å². The molecular weight excluding hydrogens is 364 g/mol. The van der Waals surface area contributed by atoms with E-state index in [0.29, 0.717) is 40.5 Å². The summed E-state index contributed by atoms with van der Waals surface area (Å²) in [5.41, 5.74) is 3.29. The fourth-order valence-corrected chi connectivity index (χ4v) is 2.76. The van der Waals surface area contributed by atoms with Crippen molar-refractivity contribution in [3.63, 3.8) is 0 Å². The number of aromatic nitrogens is 2. The van der Waals surface area contributed by atoms with Gasteiger partial charge in [-0.25, -0.2) is 0 Å². The van der Waals surface area contributed by atoms with Crippen molar-refractivity contribution >= 4 is 23.2 Å². The Bertz CT molecular complexity index is 935. The molecule has 3 aromatic rings. The molecule has 0 unspecified atom stereocenters. The Labute approximate surface area is 162 Å². The minimum atomic E-state index is -0.181. The molecule has 2 N–H and O–H groups in total. The molecule has 0 atom stereocenters. The predicted molar refractivity (Wildman–Crippen MR) is 106 cm³/mol. The normalized spacial score (nSPS) is 10.9. The van der Waals surface area contributed by atoms with Gasteiger partial charge in [-0.05, 0) is 29.7 Å². The Morgan fingerprint density at radius 2 is 1.93 bits per heavy atom. The van der Waals surface area contributed by atoms with E-state index in [9.17, 15) is 4.79 Å². The summed E-state index contributed by atoms with van der Waals surface area (Å²) in [7, 11) is 1.58. The van der Waals surface area contributed by atoms with Crippen LogP contribution in [0.2, 0.25) is 5.02 Å². The number of rotatable bonds is 6. The number of carbonyl (C=O) groups excluding carboxylic acids is 1. The largest absolute Gasteiger partial charge is 0.375 e. The quantitative estimate of drug-likeness (QED) is 0.654. The third-order valence-electron chi connectivity index (χ3n) is 4.19. The molecule has 2 aromatic carbocycles. The second-order valence-electron chi connectivity index (χ2n) is 6.42. The van der Waals surface area contributed by atoms with Crippen molar-refractivity contribution in [3.05, 3.63) is 64.5 Å². The van der Waals surface area contributed by atoms with Gasteiger partial charge in [0.05, 0.1) is 17.3 Å². The van der Waals surface area contributed by atoms with Crippen molar-refractivity contribution in [2.24, 2.45) is 0 Å². The number of nitrogens with zero attached hydrogens (tertiary/aromatic N) is 2.